The van der Waals surface area contributed by atoms with E-state index in [1.165, 1.54) is 29.2 Å². The number of rotatable bonds is 13. The molecule has 0 unspecified atom stereocenters. The van der Waals surface area contributed by atoms with E-state index in [2.05, 4.69) is 37.2 Å². The van der Waals surface area contributed by atoms with Gasteiger partial charge in [-0.15, -0.1) is 6.58 Å². The van der Waals surface area contributed by atoms with Crippen molar-refractivity contribution < 1.29 is 18.7 Å². The Balaban J connectivity index is 1.42. The maximum atomic E-state index is 13.3. The highest BCUT2D eigenvalue weighted by Gasteiger charge is 2.13. The number of hydrogen-bond acceptors (Lipinski definition) is 8. The van der Waals surface area contributed by atoms with Gasteiger partial charge in [0, 0.05) is 36.4 Å². The fraction of sp³-hybridized carbons (Fsp3) is 0.259. The quantitative estimate of drug-likeness (QED) is 0.200. The minimum absolute atomic E-state index is 0.0411. The fourth-order valence-corrected chi connectivity index (χ4v) is 3.83. The van der Waals surface area contributed by atoms with Crippen LogP contribution in [-0.4, -0.2) is 64.4 Å². The minimum atomic E-state index is -0.423. The number of ether oxygens (including phenoxy) is 2. The van der Waals surface area contributed by atoms with Crippen LogP contribution in [0, 0.1) is 5.82 Å². The zero-order valence-electron chi connectivity index (χ0n) is 21.4. The van der Waals surface area contributed by atoms with E-state index in [4.69, 9.17) is 9.47 Å². The maximum Gasteiger partial charge on any atom is 0.246 e. The fourth-order valence-electron chi connectivity index (χ4n) is 3.83. The summed E-state index contributed by atoms with van der Waals surface area (Å²) >= 11 is 0. The van der Waals surface area contributed by atoms with E-state index in [1.807, 2.05) is 25.3 Å². The second kappa shape index (κ2) is 12.6. The molecule has 198 valence electrons. The molecule has 2 aromatic heterocycles. The predicted molar refractivity (Wildman–Crippen MR) is 144 cm³/mol. The number of methoxy groups -OCH3 is 1. The maximum absolute atomic E-state index is 13.3. The smallest absolute Gasteiger partial charge is 0.246 e. The van der Waals surface area contributed by atoms with Gasteiger partial charge in [0.25, 0.3) is 0 Å². The first-order chi connectivity index (χ1) is 18.4. The lowest BCUT2D eigenvalue weighted by molar-refractivity contribution is -0.116. The van der Waals surface area contributed by atoms with E-state index in [1.54, 1.807) is 25.6 Å². The number of amides is 1. The number of halogens is 1. The molecule has 4 aromatic rings. The molecule has 4 rings (SSSR count). The van der Waals surface area contributed by atoms with Crippen LogP contribution in [0.25, 0.3) is 10.9 Å². The molecule has 2 heterocycles. The molecule has 0 saturated carbocycles. The monoisotopic (exact) mass is 519 g/mol. The van der Waals surface area contributed by atoms with Gasteiger partial charge < -0.3 is 25.0 Å². The number of anilines is 3. The van der Waals surface area contributed by atoms with Crippen LogP contribution in [0.15, 0.2) is 67.8 Å². The number of likely N-dealkylation sites (N-methyl/N-ethyl adjacent to an activating group) is 1. The van der Waals surface area contributed by atoms with Crippen molar-refractivity contribution in [2.75, 3.05) is 44.5 Å². The Bertz CT molecular complexity index is 1410. The Hall–Kier alpha value is -4.51. The van der Waals surface area contributed by atoms with Crippen molar-refractivity contribution in [1.82, 2.24) is 24.6 Å². The van der Waals surface area contributed by atoms with Gasteiger partial charge in [-0.1, -0.05) is 12.1 Å². The number of carbonyl (C=O) groups is 1. The summed E-state index contributed by atoms with van der Waals surface area (Å²) in [6, 6.07) is 9.36. The molecule has 0 aliphatic rings. The summed E-state index contributed by atoms with van der Waals surface area (Å²) in [5.74, 6) is 0.970. The number of hydrogen-bond donors (Lipinski definition) is 2. The lowest BCUT2D eigenvalue weighted by Gasteiger charge is -2.16. The third-order valence-corrected chi connectivity index (χ3v) is 5.61. The number of carbonyl (C=O) groups excluding carboxylic acids is 1. The Kier molecular flexibility index (Phi) is 8.83. The molecule has 0 atom stereocenters. The summed E-state index contributed by atoms with van der Waals surface area (Å²) < 4.78 is 26.4. The Morgan fingerprint density at radius 3 is 2.87 bits per heavy atom. The molecular formula is C27H30FN7O3. The highest BCUT2D eigenvalue weighted by Crippen LogP contribution is 2.34. The van der Waals surface area contributed by atoms with Crippen LogP contribution < -0.4 is 20.1 Å². The van der Waals surface area contributed by atoms with E-state index < -0.39 is 5.82 Å². The van der Waals surface area contributed by atoms with Crippen LogP contribution in [0.2, 0.25) is 0 Å². The van der Waals surface area contributed by atoms with Crippen molar-refractivity contribution in [3.05, 3.63) is 73.6 Å². The second-order valence-electron chi connectivity index (χ2n) is 8.61. The minimum Gasteiger partial charge on any atom is -0.493 e. The summed E-state index contributed by atoms with van der Waals surface area (Å²) in [5.41, 5.74) is 1.70. The Morgan fingerprint density at radius 1 is 1.21 bits per heavy atom. The molecule has 0 fully saturated rings. The third-order valence-electron chi connectivity index (χ3n) is 5.61. The van der Waals surface area contributed by atoms with Gasteiger partial charge in [-0.3, -0.25) is 9.48 Å². The molecule has 10 nitrogen and oxygen atoms in total. The van der Waals surface area contributed by atoms with Crippen LogP contribution in [0.3, 0.4) is 0 Å². The number of nitrogens with zero attached hydrogens (tertiary/aromatic N) is 5. The van der Waals surface area contributed by atoms with E-state index in [0.29, 0.717) is 40.8 Å². The van der Waals surface area contributed by atoms with Crippen LogP contribution in [0.5, 0.6) is 11.5 Å². The van der Waals surface area contributed by atoms with Crippen LogP contribution in [0.1, 0.15) is 6.42 Å². The molecule has 0 bridgehead atoms. The summed E-state index contributed by atoms with van der Waals surface area (Å²) in [5, 5.41) is 10.8. The van der Waals surface area contributed by atoms with Crippen molar-refractivity contribution in [3.8, 4) is 11.5 Å². The zero-order chi connectivity index (χ0) is 26.9. The first kappa shape index (κ1) is 26.6. The molecule has 2 aromatic carbocycles. The average Bonchev–Trinajstić information content (AvgIpc) is 3.32. The van der Waals surface area contributed by atoms with Crippen LogP contribution in [0.4, 0.5) is 21.6 Å². The van der Waals surface area contributed by atoms with Crippen molar-refractivity contribution in [3.63, 3.8) is 0 Å². The van der Waals surface area contributed by atoms with Crippen LogP contribution in [-0.2, 0) is 11.3 Å². The normalized spacial score (nSPS) is 10.9. The van der Waals surface area contributed by atoms with Gasteiger partial charge >= 0.3 is 0 Å². The van der Waals surface area contributed by atoms with Crippen LogP contribution >= 0.6 is 0 Å². The molecule has 0 spiro atoms. The number of nitrogens with one attached hydrogen (secondary N) is 2. The summed E-state index contributed by atoms with van der Waals surface area (Å²) in [7, 11) is 3.62. The van der Waals surface area contributed by atoms with Gasteiger partial charge in [0.2, 0.25) is 5.91 Å². The molecule has 11 heteroatoms. The molecule has 38 heavy (non-hydrogen) atoms. The van der Waals surface area contributed by atoms with E-state index >= 15 is 0 Å². The van der Waals surface area contributed by atoms with E-state index in [0.717, 1.165) is 24.9 Å². The molecule has 2 N–H and O–H groups in total. The van der Waals surface area contributed by atoms with Gasteiger partial charge in [-0.2, -0.15) is 5.10 Å². The number of aromatic nitrogens is 4. The van der Waals surface area contributed by atoms with Gasteiger partial charge in [0.1, 0.15) is 24.5 Å². The lowest BCUT2D eigenvalue weighted by atomic mass is 10.2. The zero-order valence-corrected chi connectivity index (χ0v) is 21.4. The highest BCUT2D eigenvalue weighted by atomic mass is 19.1. The van der Waals surface area contributed by atoms with Gasteiger partial charge in [-0.05, 0) is 37.7 Å². The predicted octanol–water partition coefficient (Wildman–Crippen LogP) is 4.24. The molecule has 0 aliphatic heterocycles. The first-order valence-corrected chi connectivity index (χ1v) is 12.0. The van der Waals surface area contributed by atoms with Crippen molar-refractivity contribution in [1.29, 1.82) is 0 Å². The van der Waals surface area contributed by atoms with Gasteiger partial charge in [0.15, 0.2) is 11.5 Å². The SMILES string of the molecule is C=CCN(C)CCCOc1cc2ncnc(Nc3cnn(CC(=O)Nc4cccc(F)c4)c3)c2cc1OC. The van der Waals surface area contributed by atoms with E-state index in [9.17, 15) is 9.18 Å². The third kappa shape index (κ3) is 7.04. The highest BCUT2D eigenvalue weighted by molar-refractivity contribution is 5.93. The summed E-state index contributed by atoms with van der Waals surface area (Å²) in [6.07, 6.45) is 7.45. The topological polar surface area (TPSA) is 106 Å². The van der Waals surface area contributed by atoms with Crippen molar-refractivity contribution in [2.45, 2.75) is 13.0 Å². The van der Waals surface area contributed by atoms with Crippen molar-refractivity contribution >= 4 is 34.0 Å². The standard InChI is InChI=1S/C27H30FN7O3/c1-4-9-34(2)10-6-11-38-25-14-23-22(13-24(25)37-3)27(30-18-29-23)33-21-15-31-35(16-21)17-26(36)32-20-8-5-7-19(28)12-20/h4-5,7-8,12-16,18H,1,6,9-11,17H2,2-3H3,(H,32,36)(H,29,30,33). The Morgan fingerprint density at radius 2 is 2.08 bits per heavy atom. The van der Waals surface area contributed by atoms with E-state index in [-0.39, 0.29) is 12.5 Å². The molecule has 0 radical (unpaired) electrons. The molecule has 0 aliphatic carbocycles. The molecular weight excluding hydrogens is 489 g/mol. The Labute approximate surface area is 220 Å². The molecule has 0 saturated heterocycles. The van der Waals surface area contributed by atoms with Gasteiger partial charge in [-0.25, -0.2) is 14.4 Å². The first-order valence-electron chi connectivity index (χ1n) is 12.0. The summed E-state index contributed by atoms with van der Waals surface area (Å²) in [6.45, 7) is 5.96. The number of fused-ring (bicyclic) bond motifs is 1. The lowest BCUT2D eigenvalue weighted by Crippen LogP contribution is -2.21. The molecule has 1 amide bonds. The second-order valence-corrected chi connectivity index (χ2v) is 8.61. The average molecular weight is 520 g/mol. The summed E-state index contributed by atoms with van der Waals surface area (Å²) in [4.78, 5) is 23.2. The number of benzene rings is 2. The largest absolute Gasteiger partial charge is 0.493 e. The van der Waals surface area contributed by atoms with Gasteiger partial charge in [0.05, 0.1) is 31.1 Å². The van der Waals surface area contributed by atoms with Crippen molar-refractivity contribution in [2.24, 2.45) is 0 Å².